The maximum absolute atomic E-state index is 12.8. The van der Waals surface area contributed by atoms with Crippen molar-refractivity contribution in [2.24, 2.45) is 0 Å². The van der Waals surface area contributed by atoms with Crippen molar-refractivity contribution in [2.75, 3.05) is 0 Å². The highest BCUT2D eigenvalue weighted by molar-refractivity contribution is 14.1. The number of hydrogen-bond acceptors (Lipinski definition) is 1. The van der Waals surface area contributed by atoms with Crippen LogP contribution < -0.4 is 0 Å². The van der Waals surface area contributed by atoms with Crippen LogP contribution in [0.25, 0.3) is 0 Å². The van der Waals surface area contributed by atoms with Crippen molar-refractivity contribution in [1.82, 2.24) is 0 Å². The molecule has 0 saturated carbocycles. The predicted molar refractivity (Wildman–Crippen MR) is 87.7 cm³/mol. The minimum absolute atomic E-state index is 0.181. The summed E-state index contributed by atoms with van der Waals surface area (Å²) in [5, 5.41) is 10.4. The van der Waals surface area contributed by atoms with Gasteiger partial charge in [0, 0.05) is 33.7 Å². The van der Waals surface area contributed by atoms with E-state index < -0.39 is 22.4 Å². The lowest BCUT2D eigenvalue weighted by atomic mass is 9.86. The highest BCUT2D eigenvalue weighted by atomic mass is 127. The Morgan fingerprint density at radius 3 is 2.14 bits per heavy atom. The molecule has 0 fully saturated rings. The number of hydrogen-bond donors (Lipinski definition) is 1. The van der Waals surface area contributed by atoms with Crippen molar-refractivity contribution in [3.63, 3.8) is 0 Å². The van der Waals surface area contributed by atoms with Crippen molar-refractivity contribution >= 4 is 34.2 Å². The maximum atomic E-state index is 12.8. The number of halogens is 5. The van der Waals surface area contributed by atoms with Crippen LogP contribution in [0.3, 0.4) is 0 Å². The fourth-order valence-electron chi connectivity index (χ4n) is 2.03. The SMILES string of the molecule is OC(C#CI)(c1ccccc1)c1ccc(C(F)(F)F)c(Cl)c1. The van der Waals surface area contributed by atoms with E-state index in [1.807, 2.05) is 0 Å². The molecule has 2 rings (SSSR count). The topological polar surface area (TPSA) is 20.2 Å². The molecular weight excluding hydrogens is 428 g/mol. The van der Waals surface area contributed by atoms with Gasteiger partial charge in [-0.3, -0.25) is 0 Å². The molecule has 0 saturated heterocycles. The van der Waals surface area contributed by atoms with Crippen molar-refractivity contribution < 1.29 is 18.3 Å². The Morgan fingerprint density at radius 1 is 1.00 bits per heavy atom. The van der Waals surface area contributed by atoms with Crippen molar-refractivity contribution in [2.45, 2.75) is 11.8 Å². The van der Waals surface area contributed by atoms with E-state index >= 15 is 0 Å². The minimum atomic E-state index is -4.55. The van der Waals surface area contributed by atoms with Crippen LogP contribution in [0.1, 0.15) is 16.7 Å². The molecule has 0 amide bonds. The first kappa shape index (κ1) is 17.1. The Balaban J connectivity index is 2.60. The van der Waals surface area contributed by atoms with E-state index in [0.717, 1.165) is 12.1 Å². The van der Waals surface area contributed by atoms with Gasteiger partial charge >= 0.3 is 6.18 Å². The third kappa shape index (κ3) is 3.40. The van der Waals surface area contributed by atoms with E-state index in [4.69, 9.17) is 11.6 Å². The van der Waals surface area contributed by atoms with Crippen LogP contribution in [-0.4, -0.2) is 5.11 Å². The van der Waals surface area contributed by atoms with Gasteiger partial charge in [0.05, 0.1) is 10.6 Å². The lowest BCUT2D eigenvalue weighted by Crippen LogP contribution is -2.25. The second-order valence-electron chi connectivity index (χ2n) is 4.49. The standard InChI is InChI=1S/C16H9ClF3IO/c17-14-10-12(6-7-13(14)16(18,19)20)15(22,8-9-21)11-4-2-1-3-5-11/h1-7,10,22H. The zero-order valence-electron chi connectivity index (χ0n) is 11.0. The summed E-state index contributed by atoms with van der Waals surface area (Å²) in [6.07, 6.45) is -4.55. The number of aliphatic hydroxyl groups is 1. The van der Waals surface area contributed by atoms with Gasteiger partial charge in [0.15, 0.2) is 5.60 Å². The lowest BCUT2D eigenvalue weighted by Gasteiger charge is -2.24. The summed E-state index contributed by atoms with van der Waals surface area (Å²) in [4.78, 5) is 0. The molecule has 6 heteroatoms. The molecule has 0 aliphatic carbocycles. The van der Waals surface area contributed by atoms with Crippen molar-refractivity contribution in [3.05, 3.63) is 70.2 Å². The lowest BCUT2D eigenvalue weighted by molar-refractivity contribution is -0.137. The van der Waals surface area contributed by atoms with Gasteiger partial charge in [-0.2, -0.15) is 13.2 Å². The zero-order chi connectivity index (χ0) is 16.4. The molecule has 0 bridgehead atoms. The minimum Gasteiger partial charge on any atom is -0.369 e. The molecule has 2 aromatic rings. The average molecular weight is 437 g/mol. The fourth-order valence-corrected chi connectivity index (χ4v) is 2.71. The van der Waals surface area contributed by atoms with Gasteiger partial charge in [0.1, 0.15) is 0 Å². The molecule has 1 unspecified atom stereocenters. The summed E-state index contributed by atoms with van der Waals surface area (Å²) in [7, 11) is 0. The predicted octanol–water partition coefficient (Wildman–Crippen LogP) is 4.99. The molecule has 2 aromatic carbocycles. The van der Waals surface area contributed by atoms with E-state index in [1.165, 1.54) is 6.07 Å². The third-order valence-corrected chi connectivity index (χ3v) is 3.69. The van der Waals surface area contributed by atoms with E-state index in [0.29, 0.717) is 5.56 Å². The molecule has 0 heterocycles. The van der Waals surface area contributed by atoms with Gasteiger partial charge in [-0.25, -0.2) is 0 Å². The molecule has 0 aromatic heterocycles. The molecule has 114 valence electrons. The quantitative estimate of drug-likeness (QED) is 0.519. The Hall–Kier alpha value is -1.23. The highest BCUT2D eigenvalue weighted by Gasteiger charge is 2.35. The molecule has 0 spiro atoms. The molecule has 1 N–H and O–H groups in total. The van der Waals surface area contributed by atoms with Gasteiger partial charge < -0.3 is 5.11 Å². The first-order valence-corrected chi connectivity index (χ1v) is 7.52. The smallest absolute Gasteiger partial charge is 0.369 e. The van der Waals surface area contributed by atoms with Crippen LogP contribution in [0.4, 0.5) is 13.2 Å². The molecule has 22 heavy (non-hydrogen) atoms. The highest BCUT2D eigenvalue weighted by Crippen LogP contribution is 2.38. The normalized spacial score (nSPS) is 13.9. The maximum Gasteiger partial charge on any atom is 0.417 e. The second-order valence-corrected chi connectivity index (χ2v) is 5.43. The Labute approximate surface area is 144 Å². The Kier molecular flexibility index (Phi) is 5.05. The molecule has 1 atom stereocenters. The van der Waals surface area contributed by atoms with Gasteiger partial charge in [-0.05, 0) is 22.0 Å². The summed E-state index contributed by atoms with van der Waals surface area (Å²) in [6.45, 7) is 0. The summed E-state index contributed by atoms with van der Waals surface area (Å²) in [5.41, 5.74) is -2.04. The van der Waals surface area contributed by atoms with Crippen LogP contribution in [0.15, 0.2) is 48.5 Å². The van der Waals surface area contributed by atoms with Gasteiger partial charge in [0.25, 0.3) is 0 Å². The molecular formula is C16H9ClF3IO. The molecule has 1 nitrogen and oxygen atoms in total. The molecule has 0 aliphatic rings. The average Bonchev–Trinajstić information content (AvgIpc) is 2.47. The number of benzene rings is 2. The van der Waals surface area contributed by atoms with E-state index in [1.54, 1.807) is 52.9 Å². The fraction of sp³-hybridized carbons (Fsp3) is 0.125. The summed E-state index contributed by atoms with van der Waals surface area (Å²) in [6, 6.07) is 11.6. The van der Waals surface area contributed by atoms with Crippen LogP contribution in [0.2, 0.25) is 5.02 Å². The largest absolute Gasteiger partial charge is 0.417 e. The zero-order valence-corrected chi connectivity index (χ0v) is 13.9. The Morgan fingerprint density at radius 2 is 1.64 bits per heavy atom. The van der Waals surface area contributed by atoms with Gasteiger partial charge in [0.2, 0.25) is 0 Å². The molecule has 0 radical (unpaired) electrons. The third-order valence-electron chi connectivity index (χ3n) is 3.11. The molecule has 0 aliphatic heterocycles. The van der Waals surface area contributed by atoms with Gasteiger partial charge in [-0.15, -0.1) is 0 Å². The van der Waals surface area contributed by atoms with E-state index in [2.05, 4.69) is 9.85 Å². The van der Waals surface area contributed by atoms with E-state index in [-0.39, 0.29) is 5.56 Å². The van der Waals surface area contributed by atoms with Crippen molar-refractivity contribution in [1.29, 1.82) is 0 Å². The van der Waals surface area contributed by atoms with Crippen LogP contribution in [0.5, 0.6) is 0 Å². The number of alkyl halides is 3. The van der Waals surface area contributed by atoms with E-state index in [9.17, 15) is 18.3 Å². The second kappa shape index (κ2) is 6.49. The monoisotopic (exact) mass is 436 g/mol. The summed E-state index contributed by atoms with van der Waals surface area (Å²) < 4.78 is 40.9. The first-order valence-electron chi connectivity index (χ1n) is 6.07. The van der Waals surface area contributed by atoms with Crippen LogP contribution in [0, 0.1) is 9.85 Å². The Bertz CT molecular complexity index is 735. The summed E-state index contributed by atoms with van der Waals surface area (Å²) in [5.74, 6) is 2.63. The summed E-state index contributed by atoms with van der Waals surface area (Å²) >= 11 is 7.49. The number of rotatable bonds is 2. The van der Waals surface area contributed by atoms with Crippen LogP contribution in [-0.2, 0) is 11.8 Å². The first-order chi connectivity index (χ1) is 10.3. The van der Waals surface area contributed by atoms with Gasteiger partial charge in [-0.1, -0.05) is 48.0 Å². The van der Waals surface area contributed by atoms with Crippen LogP contribution >= 0.6 is 34.2 Å². The van der Waals surface area contributed by atoms with Crippen molar-refractivity contribution in [3.8, 4) is 9.85 Å².